The van der Waals surface area contributed by atoms with E-state index in [9.17, 15) is 0 Å². The summed E-state index contributed by atoms with van der Waals surface area (Å²) in [5.41, 5.74) is 0.910. The largest absolute Gasteiger partial charge is 0.459 e. The van der Waals surface area contributed by atoms with Crippen LogP contribution >= 0.6 is 22.9 Å². The zero-order valence-corrected chi connectivity index (χ0v) is 12.1. The first kappa shape index (κ1) is 12.7. The van der Waals surface area contributed by atoms with Gasteiger partial charge in [-0.25, -0.2) is 0 Å². The van der Waals surface area contributed by atoms with Crippen molar-refractivity contribution in [3.8, 4) is 0 Å². The lowest BCUT2D eigenvalue weighted by Gasteiger charge is -2.14. The summed E-state index contributed by atoms with van der Waals surface area (Å²) in [6.45, 7) is 2.94. The predicted octanol–water partition coefficient (Wildman–Crippen LogP) is 4.85. The summed E-state index contributed by atoms with van der Waals surface area (Å²) in [5, 5.41) is 7.35. The van der Waals surface area contributed by atoms with Crippen LogP contribution in [0, 0.1) is 0 Å². The van der Waals surface area contributed by atoms with Gasteiger partial charge in [0.15, 0.2) is 0 Å². The highest BCUT2D eigenvalue weighted by Crippen LogP contribution is 2.35. The summed E-state index contributed by atoms with van der Waals surface area (Å²) in [7, 11) is 0. The first-order chi connectivity index (χ1) is 9.29. The van der Waals surface area contributed by atoms with Gasteiger partial charge in [-0.15, -0.1) is 11.3 Å². The fraction of sp³-hybridized carbons (Fsp3) is 0.200. The lowest BCUT2D eigenvalue weighted by atomic mass is 10.1. The molecule has 1 N–H and O–H groups in total. The average molecular weight is 292 g/mol. The molecule has 3 aromatic rings. The normalized spacial score (nSPS) is 12.9. The topological polar surface area (TPSA) is 25.2 Å². The van der Waals surface area contributed by atoms with Gasteiger partial charge in [0.25, 0.3) is 0 Å². The van der Waals surface area contributed by atoms with Crippen molar-refractivity contribution < 1.29 is 4.42 Å². The molecule has 2 heterocycles. The second-order valence-electron chi connectivity index (χ2n) is 4.31. The van der Waals surface area contributed by atoms with Gasteiger partial charge in [-0.3, -0.25) is 0 Å². The maximum atomic E-state index is 6.25. The van der Waals surface area contributed by atoms with E-state index in [1.165, 1.54) is 0 Å². The maximum Gasteiger partial charge on any atom is 0.134 e. The number of nitrogens with one attached hydrogen (secondary N) is 1. The van der Waals surface area contributed by atoms with Crippen LogP contribution in [0.25, 0.3) is 11.0 Å². The molecule has 1 atom stereocenters. The summed E-state index contributed by atoms with van der Waals surface area (Å²) in [5.74, 6) is 0.910. The Hall–Kier alpha value is -1.29. The van der Waals surface area contributed by atoms with E-state index in [-0.39, 0.29) is 6.04 Å². The number of fused-ring (bicyclic) bond motifs is 1. The summed E-state index contributed by atoms with van der Waals surface area (Å²) in [4.78, 5) is 1.10. The predicted molar refractivity (Wildman–Crippen MR) is 81.1 cm³/mol. The van der Waals surface area contributed by atoms with Crippen LogP contribution in [0.3, 0.4) is 0 Å². The molecule has 19 heavy (non-hydrogen) atoms. The number of thiophene rings is 1. The molecule has 2 aromatic heterocycles. The third-order valence-corrected chi connectivity index (χ3v) is 4.47. The van der Waals surface area contributed by atoms with Crippen LogP contribution in [-0.4, -0.2) is 6.54 Å². The van der Waals surface area contributed by atoms with Crippen molar-refractivity contribution in [1.29, 1.82) is 0 Å². The molecular weight excluding hydrogens is 278 g/mol. The summed E-state index contributed by atoms with van der Waals surface area (Å²) < 4.78 is 5.95. The van der Waals surface area contributed by atoms with Gasteiger partial charge in [-0.2, -0.15) is 0 Å². The Morgan fingerprint density at radius 2 is 2.16 bits per heavy atom. The average Bonchev–Trinajstić information content (AvgIpc) is 3.02. The van der Waals surface area contributed by atoms with E-state index in [4.69, 9.17) is 16.0 Å². The highest BCUT2D eigenvalue weighted by atomic mass is 35.5. The number of hydrogen-bond acceptors (Lipinski definition) is 3. The van der Waals surface area contributed by atoms with Crippen molar-refractivity contribution in [2.45, 2.75) is 13.0 Å². The first-order valence-electron chi connectivity index (χ1n) is 6.24. The molecule has 1 unspecified atom stereocenters. The van der Waals surface area contributed by atoms with Gasteiger partial charge < -0.3 is 9.73 Å². The maximum absolute atomic E-state index is 6.25. The lowest BCUT2D eigenvalue weighted by Crippen LogP contribution is -2.20. The van der Waals surface area contributed by atoms with Crippen LogP contribution in [0.2, 0.25) is 5.02 Å². The van der Waals surface area contributed by atoms with Gasteiger partial charge in [0.2, 0.25) is 0 Å². The van der Waals surface area contributed by atoms with E-state index < -0.39 is 0 Å². The van der Waals surface area contributed by atoms with Gasteiger partial charge in [0, 0.05) is 10.3 Å². The number of hydrogen-bond donors (Lipinski definition) is 1. The zero-order valence-electron chi connectivity index (χ0n) is 10.5. The number of rotatable bonds is 4. The van der Waals surface area contributed by atoms with E-state index >= 15 is 0 Å². The Morgan fingerprint density at radius 1 is 1.32 bits per heavy atom. The van der Waals surface area contributed by atoms with Gasteiger partial charge in [0.05, 0.1) is 5.02 Å². The van der Waals surface area contributed by atoms with Crippen LogP contribution in [0.1, 0.15) is 23.6 Å². The van der Waals surface area contributed by atoms with Crippen LogP contribution < -0.4 is 5.32 Å². The van der Waals surface area contributed by atoms with Gasteiger partial charge in [-0.05, 0) is 30.1 Å². The van der Waals surface area contributed by atoms with Crippen molar-refractivity contribution in [1.82, 2.24) is 5.32 Å². The SMILES string of the molecule is CCNC(c1cc2ccccc2o1)c1sccc1Cl. The quantitative estimate of drug-likeness (QED) is 0.743. The third-order valence-electron chi connectivity index (χ3n) is 3.04. The Bertz CT molecular complexity index is 655. The summed E-state index contributed by atoms with van der Waals surface area (Å²) in [6, 6.07) is 12.1. The fourth-order valence-electron chi connectivity index (χ4n) is 2.18. The van der Waals surface area contributed by atoms with Gasteiger partial charge >= 0.3 is 0 Å². The fourth-order valence-corrected chi connectivity index (χ4v) is 3.43. The molecule has 0 saturated carbocycles. The minimum atomic E-state index is 0.0184. The summed E-state index contributed by atoms with van der Waals surface area (Å²) >= 11 is 7.90. The minimum Gasteiger partial charge on any atom is -0.459 e. The molecule has 0 aliphatic rings. The van der Waals surface area contributed by atoms with E-state index in [1.807, 2.05) is 29.6 Å². The van der Waals surface area contributed by atoms with Crippen molar-refractivity contribution in [3.05, 3.63) is 57.4 Å². The standard InChI is InChI=1S/C15H14ClNOS/c1-2-17-14(15-11(16)7-8-19-15)13-9-10-5-3-4-6-12(10)18-13/h3-9,14,17H,2H2,1H3. The number of para-hydroxylation sites is 1. The molecule has 0 saturated heterocycles. The van der Waals surface area contributed by atoms with Crippen molar-refractivity contribution in [2.75, 3.05) is 6.54 Å². The van der Waals surface area contributed by atoms with Crippen molar-refractivity contribution >= 4 is 33.9 Å². The van der Waals surface area contributed by atoms with Gasteiger partial charge in [0.1, 0.15) is 17.4 Å². The summed E-state index contributed by atoms with van der Waals surface area (Å²) in [6.07, 6.45) is 0. The molecule has 2 nitrogen and oxygen atoms in total. The van der Waals surface area contributed by atoms with Crippen LogP contribution in [-0.2, 0) is 0 Å². The van der Waals surface area contributed by atoms with E-state index in [0.717, 1.165) is 33.2 Å². The molecular formula is C15H14ClNOS. The van der Waals surface area contributed by atoms with Crippen molar-refractivity contribution in [3.63, 3.8) is 0 Å². The second-order valence-corrected chi connectivity index (χ2v) is 5.66. The van der Waals surface area contributed by atoms with E-state index in [2.05, 4.69) is 24.4 Å². The van der Waals surface area contributed by atoms with Crippen LogP contribution in [0.5, 0.6) is 0 Å². The molecule has 98 valence electrons. The Balaban J connectivity index is 2.07. The molecule has 0 fully saturated rings. The molecule has 1 aromatic carbocycles. The Morgan fingerprint density at radius 3 is 2.84 bits per heavy atom. The third kappa shape index (κ3) is 2.41. The van der Waals surface area contributed by atoms with Crippen molar-refractivity contribution in [2.24, 2.45) is 0 Å². The highest BCUT2D eigenvalue weighted by Gasteiger charge is 2.21. The molecule has 3 rings (SSSR count). The smallest absolute Gasteiger partial charge is 0.134 e. The van der Waals surface area contributed by atoms with E-state index in [0.29, 0.717) is 0 Å². The zero-order chi connectivity index (χ0) is 13.2. The number of halogens is 1. The molecule has 4 heteroatoms. The van der Waals surface area contributed by atoms with Crippen LogP contribution in [0.4, 0.5) is 0 Å². The first-order valence-corrected chi connectivity index (χ1v) is 7.50. The Kier molecular flexibility index (Phi) is 3.60. The molecule has 0 amide bonds. The van der Waals surface area contributed by atoms with E-state index in [1.54, 1.807) is 11.3 Å². The minimum absolute atomic E-state index is 0.0184. The number of furan rings is 1. The molecule has 0 aliphatic heterocycles. The highest BCUT2D eigenvalue weighted by molar-refractivity contribution is 7.10. The molecule has 0 aliphatic carbocycles. The van der Waals surface area contributed by atoms with Gasteiger partial charge in [-0.1, -0.05) is 36.7 Å². The Labute approximate surface area is 121 Å². The lowest BCUT2D eigenvalue weighted by molar-refractivity contribution is 0.481. The monoisotopic (exact) mass is 291 g/mol. The molecule has 0 bridgehead atoms. The number of benzene rings is 1. The second kappa shape index (κ2) is 5.37. The molecule has 0 radical (unpaired) electrons. The molecule has 0 spiro atoms. The van der Waals surface area contributed by atoms with Crippen LogP contribution in [0.15, 0.2) is 46.2 Å².